The van der Waals surface area contributed by atoms with E-state index in [2.05, 4.69) is 26.0 Å². The third kappa shape index (κ3) is 7.53. The predicted molar refractivity (Wildman–Crippen MR) is 132 cm³/mol. The first-order chi connectivity index (χ1) is 15.0. The quantitative estimate of drug-likeness (QED) is 0.402. The Morgan fingerprint density at radius 3 is 2.56 bits per heavy atom. The highest BCUT2D eigenvalue weighted by Crippen LogP contribution is 2.39. The minimum Gasteiger partial charge on any atom is -0.508 e. The highest BCUT2D eigenvalue weighted by Gasteiger charge is 2.32. The van der Waals surface area contributed by atoms with E-state index < -0.39 is 6.10 Å². The Kier molecular flexibility index (Phi) is 9.60. The molecule has 0 amide bonds. The molecule has 0 bridgehead atoms. The second-order valence-corrected chi connectivity index (χ2v) is 9.77. The van der Waals surface area contributed by atoms with Crippen molar-refractivity contribution in [3.05, 3.63) is 58.2 Å². The van der Waals surface area contributed by atoms with Gasteiger partial charge in [-0.3, -0.25) is 0 Å². The second kappa shape index (κ2) is 11.7. The summed E-state index contributed by atoms with van der Waals surface area (Å²) in [6, 6.07) is 3.60. The van der Waals surface area contributed by atoms with E-state index in [-0.39, 0.29) is 11.7 Å². The van der Waals surface area contributed by atoms with Crippen LogP contribution in [-0.4, -0.2) is 35.1 Å². The standard InChI is InChI=1S/C28H42O4/c1-19(2)16-25(30)27(31-7)21(4)12-8-10-20(3)11-9-14-28(6)15-13-23-18-24(29)17-22(5)26(23)32-28/h11-12,16-18,25,27,29-30H,8-10,13-15H2,1-7H3/b20-11+,21-12+/t25-,27-,28-/m1/s1. The Labute approximate surface area is 194 Å². The van der Waals surface area contributed by atoms with Gasteiger partial charge in [-0.25, -0.2) is 0 Å². The number of allylic oxidation sites excluding steroid dienone is 4. The highest BCUT2D eigenvalue weighted by atomic mass is 16.5. The second-order valence-electron chi connectivity index (χ2n) is 9.77. The van der Waals surface area contributed by atoms with Crippen LogP contribution in [0.25, 0.3) is 0 Å². The number of phenols is 1. The lowest BCUT2D eigenvalue weighted by molar-refractivity contribution is 0.0351. The number of aryl methyl sites for hydroxylation is 2. The van der Waals surface area contributed by atoms with Gasteiger partial charge in [-0.15, -0.1) is 0 Å². The van der Waals surface area contributed by atoms with Crippen LogP contribution in [0.4, 0.5) is 0 Å². The van der Waals surface area contributed by atoms with E-state index in [1.807, 2.05) is 39.8 Å². The number of aliphatic hydroxyl groups is 1. The molecule has 178 valence electrons. The van der Waals surface area contributed by atoms with Gasteiger partial charge in [0.1, 0.15) is 29.3 Å². The van der Waals surface area contributed by atoms with Gasteiger partial charge in [-0.05, 0) is 109 Å². The molecule has 32 heavy (non-hydrogen) atoms. The molecular formula is C28H42O4. The molecule has 0 aliphatic carbocycles. The van der Waals surface area contributed by atoms with E-state index in [4.69, 9.17) is 9.47 Å². The first-order valence-electron chi connectivity index (χ1n) is 11.7. The van der Waals surface area contributed by atoms with Crippen LogP contribution in [0, 0.1) is 6.92 Å². The van der Waals surface area contributed by atoms with E-state index in [9.17, 15) is 10.2 Å². The van der Waals surface area contributed by atoms with E-state index in [0.29, 0.717) is 5.75 Å². The number of fused-ring (bicyclic) bond motifs is 1. The minimum absolute atomic E-state index is 0.172. The Bertz CT molecular complexity index is 860. The summed E-state index contributed by atoms with van der Waals surface area (Å²) in [5.74, 6) is 1.26. The zero-order valence-corrected chi connectivity index (χ0v) is 21.0. The molecule has 1 heterocycles. The van der Waals surface area contributed by atoms with Crippen LogP contribution in [0.3, 0.4) is 0 Å². The molecule has 0 saturated carbocycles. The van der Waals surface area contributed by atoms with Crippen molar-refractivity contribution in [1.82, 2.24) is 0 Å². The van der Waals surface area contributed by atoms with Gasteiger partial charge in [0, 0.05) is 7.11 Å². The van der Waals surface area contributed by atoms with Gasteiger partial charge < -0.3 is 19.7 Å². The number of ether oxygens (including phenoxy) is 2. The van der Waals surface area contributed by atoms with Crippen molar-refractivity contribution in [3.63, 3.8) is 0 Å². The van der Waals surface area contributed by atoms with Gasteiger partial charge >= 0.3 is 0 Å². The van der Waals surface area contributed by atoms with Crippen LogP contribution in [0.1, 0.15) is 77.8 Å². The van der Waals surface area contributed by atoms with Crippen LogP contribution in [0.5, 0.6) is 11.5 Å². The lowest BCUT2D eigenvalue weighted by Gasteiger charge is -2.36. The number of benzene rings is 1. The number of aromatic hydroxyl groups is 1. The Morgan fingerprint density at radius 1 is 1.19 bits per heavy atom. The number of aliphatic hydroxyl groups excluding tert-OH is 1. The molecule has 0 unspecified atom stereocenters. The predicted octanol–water partition coefficient (Wildman–Crippen LogP) is 6.58. The molecule has 4 nitrogen and oxygen atoms in total. The summed E-state index contributed by atoms with van der Waals surface area (Å²) >= 11 is 0. The Hall–Kier alpha value is -2.04. The Balaban J connectivity index is 1.86. The van der Waals surface area contributed by atoms with Crippen LogP contribution in [0.15, 0.2) is 47.1 Å². The molecule has 2 N–H and O–H groups in total. The fraction of sp³-hybridized carbons (Fsp3) is 0.571. The average Bonchev–Trinajstić information content (AvgIpc) is 2.68. The average molecular weight is 443 g/mol. The molecule has 2 rings (SSSR count). The smallest absolute Gasteiger partial charge is 0.126 e. The molecular weight excluding hydrogens is 400 g/mol. The molecule has 0 saturated heterocycles. The molecule has 3 atom stereocenters. The van der Waals surface area contributed by atoms with Crippen LogP contribution < -0.4 is 4.74 Å². The SMILES string of the molecule is CO[C@H](/C(C)=C/CC/C(C)=C/CC[C@]1(C)CCc2cc(O)cc(C)c2O1)[C@H](O)C=C(C)C. The molecule has 0 spiro atoms. The van der Waals surface area contributed by atoms with Crippen molar-refractivity contribution in [2.45, 2.75) is 97.9 Å². The number of phenolic OH excluding ortho intramolecular Hbond substituents is 1. The van der Waals surface area contributed by atoms with Crippen molar-refractivity contribution in [2.24, 2.45) is 0 Å². The van der Waals surface area contributed by atoms with Crippen molar-refractivity contribution >= 4 is 0 Å². The molecule has 0 aromatic heterocycles. The molecule has 0 fully saturated rings. The zero-order valence-electron chi connectivity index (χ0n) is 21.0. The lowest BCUT2D eigenvalue weighted by Crippen LogP contribution is -2.36. The zero-order chi connectivity index (χ0) is 23.9. The summed E-state index contributed by atoms with van der Waals surface area (Å²) in [7, 11) is 1.64. The topological polar surface area (TPSA) is 58.9 Å². The number of hydrogen-bond donors (Lipinski definition) is 2. The summed E-state index contributed by atoms with van der Waals surface area (Å²) in [6.45, 7) is 12.4. The maximum absolute atomic E-state index is 10.3. The summed E-state index contributed by atoms with van der Waals surface area (Å²) in [5.41, 5.74) is 5.46. The fourth-order valence-electron chi connectivity index (χ4n) is 4.42. The van der Waals surface area contributed by atoms with E-state index >= 15 is 0 Å². The maximum Gasteiger partial charge on any atom is 0.126 e. The third-order valence-corrected chi connectivity index (χ3v) is 6.30. The van der Waals surface area contributed by atoms with E-state index in [1.165, 1.54) is 5.57 Å². The van der Waals surface area contributed by atoms with Crippen LogP contribution >= 0.6 is 0 Å². The van der Waals surface area contributed by atoms with E-state index in [1.54, 1.807) is 13.2 Å². The van der Waals surface area contributed by atoms with Gasteiger partial charge in [0.25, 0.3) is 0 Å². The highest BCUT2D eigenvalue weighted by molar-refractivity contribution is 5.47. The third-order valence-electron chi connectivity index (χ3n) is 6.30. The number of hydrogen-bond acceptors (Lipinski definition) is 4. The summed E-state index contributed by atoms with van der Waals surface area (Å²) in [4.78, 5) is 0. The van der Waals surface area contributed by atoms with E-state index in [0.717, 1.165) is 66.5 Å². The summed E-state index contributed by atoms with van der Waals surface area (Å²) < 4.78 is 11.9. The monoisotopic (exact) mass is 442 g/mol. The van der Waals surface area contributed by atoms with Gasteiger partial charge in [-0.1, -0.05) is 29.4 Å². The molecule has 1 aromatic rings. The lowest BCUT2D eigenvalue weighted by atomic mass is 9.87. The van der Waals surface area contributed by atoms with Crippen LogP contribution in [-0.2, 0) is 11.2 Å². The number of rotatable bonds is 10. The number of methoxy groups -OCH3 is 1. The molecule has 1 aliphatic heterocycles. The Morgan fingerprint density at radius 2 is 1.91 bits per heavy atom. The van der Waals surface area contributed by atoms with Gasteiger partial charge in [0.15, 0.2) is 0 Å². The maximum atomic E-state index is 10.3. The molecule has 4 heteroatoms. The van der Waals surface area contributed by atoms with Crippen molar-refractivity contribution in [2.75, 3.05) is 7.11 Å². The fourth-order valence-corrected chi connectivity index (χ4v) is 4.42. The molecule has 0 radical (unpaired) electrons. The molecule has 1 aromatic carbocycles. The van der Waals surface area contributed by atoms with Crippen molar-refractivity contribution in [3.8, 4) is 11.5 Å². The molecule has 1 aliphatic rings. The van der Waals surface area contributed by atoms with Crippen molar-refractivity contribution < 1.29 is 19.7 Å². The first kappa shape index (κ1) is 26.2. The van der Waals surface area contributed by atoms with Gasteiger partial charge in [0.05, 0.1) is 0 Å². The van der Waals surface area contributed by atoms with Crippen LogP contribution in [0.2, 0.25) is 0 Å². The normalized spacial score (nSPS) is 20.9. The first-order valence-corrected chi connectivity index (χ1v) is 11.7. The van der Waals surface area contributed by atoms with Gasteiger partial charge in [-0.2, -0.15) is 0 Å². The largest absolute Gasteiger partial charge is 0.508 e. The summed E-state index contributed by atoms with van der Waals surface area (Å²) in [5, 5.41) is 20.2. The van der Waals surface area contributed by atoms with Gasteiger partial charge in [0.2, 0.25) is 0 Å². The summed E-state index contributed by atoms with van der Waals surface area (Å²) in [6.07, 6.45) is 11.2. The minimum atomic E-state index is -0.619. The van der Waals surface area contributed by atoms with Crippen molar-refractivity contribution in [1.29, 1.82) is 0 Å².